The summed E-state index contributed by atoms with van der Waals surface area (Å²) in [6.07, 6.45) is 6.54. The standard InChI is InChI=1S/C29H29O4P.C9H17NO2/c1-19(2)26-16-22(12-13-28(26)30)17-27-20(3)14-24(15-21(27)4)32-18-34(31)33-29-11-7-9-23-8-5-6-10-25(23)29;1-7(10)9(11)12-8-5-3-2-4-6-8/h5-16,19H,17-18H2,1-4H3;7-8H,2-6,10H2,1H3/p+1/t;7-/m.0/s1. The highest BCUT2D eigenvalue weighted by Crippen LogP contribution is 2.34. The van der Waals surface area contributed by atoms with E-state index in [0.717, 1.165) is 52.3 Å². The van der Waals surface area contributed by atoms with Crippen LogP contribution in [-0.4, -0.2) is 29.6 Å². The maximum absolute atomic E-state index is 12.6. The number of carbonyl (C=O) groups is 1. The second kappa shape index (κ2) is 16.6. The topological polar surface area (TPSA) is 108 Å². The molecule has 1 unspecified atom stereocenters. The Morgan fingerprint density at radius 3 is 2.28 bits per heavy atom. The molecule has 4 aromatic rings. The van der Waals surface area contributed by atoms with Gasteiger partial charge in [-0.15, -0.1) is 0 Å². The lowest BCUT2D eigenvalue weighted by Crippen LogP contribution is -2.32. The smallest absolute Gasteiger partial charge is 0.508 e. The van der Waals surface area contributed by atoms with Crippen molar-refractivity contribution in [3.63, 3.8) is 0 Å². The molecule has 7 nitrogen and oxygen atoms in total. The van der Waals surface area contributed by atoms with Gasteiger partial charge in [0, 0.05) is 5.39 Å². The first-order chi connectivity index (χ1) is 22.0. The van der Waals surface area contributed by atoms with Crippen molar-refractivity contribution in [3.8, 4) is 17.2 Å². The fourth-order valence-electron chi connectivity index (χ4n) is 5.69. The maximum atomic E-state index is 12.6. The van der Waals surface area contributed by atoms with Crippen LogP contribution in [0.1, 0.15) is 86.6 Å². The first-order valence-electron chi connectivity index (χ1n) is 16.1. The van der Waals surface area contributed by atoms with Crippen LogP contribution in [0.15, 0.2) is 72.8 Å². The second-order valence-corrected chi connectivity index (χ2v) is 13.5. The molecule has 1 saturated carbocycles. The van der Waals surface area contributed by atoms with Gasteiger partial charge in [0.2, 0.25) is 0 Å². The summed E-state index contributed by atoms with van der Waals surface area (Å²) in [5.74, 6) is 1.62. The number of esters is 1. The van der Waals surface area contributed by atoms with Gasteiger partial charge < -0.3 is 20.3 Å². The highest BCUT2D eigenvalue weighted by Gasteiger charge is 2.22. The van der Waals surface area contributed by atoms with Crippen molar-refractivity contribution in [2.45, 2.75) is 91.2 Å². The number of ether oxygens (including phenoxy) is 2. The van der Waals surface area contributed by atoms with Gasteiger partial charge in [-0.3, -0.25) is 9.32 Å². The third kappa shape index (κ3) is 9.78. The zero-order chi connectivity index (χ0) is 33.2. The van der Waals surface area contributed by atoms with E-state index in [0.29, 0.717) is 17.2 Å². The van der Waals surface area contributed by atoms with Crippen LogP contribution in [-0.2, 0) is 20.5 Å². The first-order valence-corrected chi connectivity index (χ1v) is 17.5. The second-order valence-electron chi connectivity index (χ2n) is 12.4. The van der Waals surface area contributed by atoms with Crippen LogP contribution in [0.3, 0.4) is 0 Å². The number of aryl methyl sites for hydroxylation is 2. The third-order valence-corrected chi connectivity index (χ3v) is 9.00. The number of rotatable bonds is 10. The minimum Gasteiger partial charge on any atom is -0.508 e. The van der Waals surface area contributed by atoms with Gasteiger partial charge in [-0.1, -0.05) is 68.8 Å². The Bertz CT molecular complexity index is 1620. The molecular formula is C38H47NO6P+. The van der Waals surface area contributed by atoms with E-state index in [-0.39, 0.29) is 24.3 Å². The molecule has 0 saturated heterocycles. The number of carbonyl (C=O) groups excluding carboxylic acids is 1. The van der Waals surface area contributed by atoms with Gasteiger partial charge >= 0.3 is 20.3 Å². The van der Waals surface area contributed by atoms with E-state index in [1.165, 1.54) is 24.8 Å². The Balaban J connectivity index is 0.000000337. The predicted molar refractivity (Wildman–Crippen MR) is 185 cm³/mol. The van der Waals surface area contributed by atoms with Crippen molar-refractivity contribution >= 4 is 24.8 Å². The van der Waals surface area contributed by atoms with Crippen LogP contribution in [0.25, 0.3) is 10.8 Å². The number of hydrogen-bond donors (Lipinski definition) is 2. The van der Waals surface area contributed by atoms with Crippen LogP contribution < -0.4 is 15.0 Å². The monoisotopic (exact) mass is 644 g/mol. The van der Waals surface area contributed by atoms with E-state index in [1.807, 2.05) is 60.7 Å². The van der Waals surface area contributed by atoms with Crippen molar-refractivity contribution in [3.05, 3.63) is 101 Å². The zero-order valence-electron chi connectivity index (χ0n) is 27.6. The summed E-state index contributed by atoms with van der Waals surface area (Å²) in [5.41, 5.74) is 10.9. The Hall–Kier alpha value is -3.93. The number of nitrogens with two attached hydrogens (primary N) is 1. The Labute approximate surface area is 273 Å². The molecule has 0 aromatic heterocycles. The Morgan fingerprint density at radius 1 is 0.935 bits per heavy atom. The molecule has 0 bridgehead atoms. The van der Waals surface area contributed by atoms with Gasteiger partial charge in [-0.05, 0) is 121 Å². The van der Waals surface area contributed by atoms with Gasteiger partial charge in [0.25, 0.3) is 0 Å². The number of fused-ring (bicyclic) bond motifs is 1. The highest BCUT2D eigenvalue weighted by atomic mass is 31.1. The van der Waals surface area contributed by atoms with Gasteiger partial charge in [0.1, 0.15) is 23.6 Å². The lowest BCUT2D eigenvalue weighted by Gasteiger charge is -2.22. The van der Waals surface area contributed by atoms with Crippen molar-refractivity contribution in [2.75, 3.05) is 6.35 Å². The average molecular weight is 645 g/mol. The van der Waals surface area contributed by atoms with Crippen molar-refractivity contribution in [2.24, 2.45) is 5.73 Å². The van der Waals surface area contributed by atoms with Crippen LogP contribution in [0, 0.1) is 13.8 Å². The van der Waals surface area contributed by atoms with E-state index in [4.69, 9.17) is 19.7 Å². The third-order valence-electron chi connectivity index (χ3n) is 8.26. The molecule has 0 amide bonds. The van der Waals surface area contributed by atoms with Crippen molar-refractivity contribution < 1.29 is 28.5 Å². The van der Waals surface area contributed by atoms with Crippen LogP contribution in [0.2, 0.25) is 0 Å². The van der Waals surface area contributed by atoms with Crippen LogP contribution in [0.4, 0.5) is 0 Å². The molecule has 1 fully saturated rings. The van der Waals surface area contributed by atoms with Crippen molar-refractivity contribution in [1.29, 1.82) is 0 Å². The van der Waals surface area contributed by atoms with Gasteiger partial charge in [0.15, 0.2) is 5.75 Å². The molecule has 1 aliphatic carbocycles. The minimum atomic E-state index is -2.03. The summed E-state index contributed by atoms with van der Waals surface area (Å²) in [5, 5.41) is 12.1. The van der Waals surface area contributed by atoms with E-state index >= 15 is 0 Å². The number of aromatic hydroxyl groups is 1. The minimum absolute atomic E-state index is 0.0213. The van der Waals surface area contributed by atoms with Crippen LogP contribution in [0.5, 0.6) is 17.2 Å². The lowest BCUT2D eigenvalue weighted by molar-refractivity contribution is -0.151. The fourth-order valence-corrected chi connectivity index (χ4v) is 6.38. The molecule has 244 valence electrons. The zero-order valence-corrected chi connectivity index (χ0v) is 28.5. The molecule has 46 heavy (non-hydrogen) atoms. The predicted octanol–water partition coefficient (Wildman–Crippen LogP) is 9.24. The SMILES string of the molecule is C[C@H](N)C(=O)OC1CCCCC1.Cc1cc(OC[P+](=O)Oc2cccc3ccccc23)cc(C)c1Cc1ccc(O)c(C(C)C)c1. The Kier molecular flexibility index (Phi) is 12.6. The molecule has 4 aromatic carbocycles. The molecule has 8 heteroatoms. The quantitative estimate of drug-likeness (QED) is 0.131. The fraction of sp³-hybridized carbons (Fsp3) is 0.395. The summed E-state index contributed by atoms with van der Waals surface area (Å²) >= 11 is 0. The summed E-state index contributed by atoms with van der Waals surface area (Å²) in [6.45, 7) is 9.94. The summed E-state index contributed by atoms with van der Waals surface area (Å²) in [7, 11) is -2.03. The molecule has 5 rings (SSSR count). The summed E-state index contributed by atoms with van der Waals surface area (Å²) in [6, 6.07) is 22.9. The summed E-state index contributed by atoms with van der Waals surface area (Å²) < 4.78 is 29.4. The molecule has 3 N–H and O–H groups in total. The maximum Gasteiger partial charge on any atom is 0.598 e. The number of phenols is 1. The number of benzene rings is 4. The van der Waals surface area contributed by atoms with E-state index in [2.05, 4.69) is 33.8 Å². The molecule has 0 aliphatic heterocycles. The number of phenolic OH excluding ortho intramolecular Hbond substituents is 1. The largest absolute Gasteiger partial charge is 0.598 e. The average Bonchev–Trinajstić information content (AvgIpc) is 3.03. The highest BCUT2D eigenvalue weighted by molar-refractivity contribution is 7.39. The molecule has 2 atom stereocenters. The molecule has 0 radical (unpaired) electrons. The summed E-state index contributed by atoms with van der Waals surface area (Å²) in [4.78, 5) is 11.1. The molecule has 0 heterocycles. The van der Waals surface area contributed by atoms with Gasteiger partial charge in [-0.2, -0.15) is 0 Å². The van der Waals surface area contributed by atoms with E-state index in [1.54, 1.807) is 13.0 Å². The van der Waals surface area contributed by atoms with E-state index < -0.39 is 14.1 Å². The van der Waals surface area contributed by atoms with Crippen molar-refractivity contribution in [1.82, 2.24) is 0 Å². The Morgan fingerprint density at radius 2 is 1.61 bits per heavy atom. The molecule has 0 spiro atoms. The van der Waals surface area contributed by atoms with Gasteiger partial charge in [-0.25, -0.2) is 0 Å². The lowest BCUT2D eigenvalue weighted by atomic mass is 9.93. The molecular weight excluding hydrogens is 597 g/mol. The first kappa shape index (κ1) is 34.9. The normalized spacial score (nSPS) is 14.3. The molecule has 1 aliphatic rings. The van der Waals surface area contributed by atoms with E-state index in [9.17, 15) is 14.5 Å². The number of hydrogen-bond acceptors (Lipinski definition) is 7. The van der Waals surface area contributed by atoms with Gasteiger partial charge in [0.05, 0.1) is 0 Å². The van der Waals surface area contributed by atoms with Crippen LogP contribution >= 0.6 is 8.03 Å².